The van der Waals surface area contributed by atoms with E-state index in [-0.39, 0.29) is 58.9 Å². The van der Waals surface area contributed by atoms with Gasteiger partial charge in [0.2, 0.25) is 0 Å². The zero-order valence-electron chi connectivity index (χ0n) is 28.4. The fourth-order valence-electron chi connectivity index (χ4n) is 7.75. The summed E-state index contributed by atoms with van der Waals surface area (Å²) in [7, 11) is -2.63. The van der Waals surface area contributed by atoms with Gasteiger partial charge in [-0.25, -0.2) is 11.6 Å². The predicted octanol–water partition coefficient (Wildman–Crippen LogP) is -0.803. The van der Waals surface area contributed by atoms with Crippen LogP contribution in [-0.2, 0) is 60.2 Å². The number of benzene rings is 3. The Morgan fingerprint density at radius 3 is 1.22 bits per heavy atom. The van der Waals surface area contributed by atoms with Crippen LogP contribution < -0.4 is 52.8 Å². The summed E-state index contributed by atoms with van der Waals surface area (Å²) in [5.74, 6) is 1.22. The van der Waals surface area contributed by atoms with Gasteiger partial charge in [-0.15, -0.1) is 12.2 Å². The summed E-state index contributed by atoms with van der Waals surface area (Å²) in [5, 5.41) is 4.83. The minimum absolute atomic E-state index is 0. The summed E-state index contributed by atoms with van der Waals surface area (Å²) >= 11 is 0. The SMILES string of the molecule is CCc1cc(CC)cc([Si](c2cc(CC)cc(CC)c2)(c2cc(CC)cc(CC)c2)[C-]2C3=CC=CCC3CC2C)c1.[Cl-].[Cl-].[Cl-].[Ti+4]. The molecule has 3 aromatic rings. The summed E-state index contributed by atoms with van der Waals surface area (Å²) in [5.41, 5.74) is 12.4. The molecule has 2 atom stereocenters. The molecule has 2 unspecified atom stereocenters. The molecule has 2 aliphatic rings. The van der Waals surface area contributed by atoms with Crippen molar-refractivity contribution in [2.75, 3.05) is 0 Å². The van der Waals surface area contributed by atoms with Crippen molar-refractivity contribution < 1.29 is 58.9 Å². The zero-order valence-corrected chi connectivity index (χ0v) is 33.2. The van der Waals surface area contributed by atoms with Gasteiger partial charge in [0.25, 0.3) is 0 Å². The van der Waals surface area contributed by atoms with Gasteiger partial charge >= 0.3 is 21.7 Å². The number of aryl methyl sites for hydroxylation is 6. The van der Waals surface area contributed by atoms with Crippen LogP contribution in [0, 0.1) is 17.4 Å². The molecule has 2 aliphatic carbocycles. The molecule has 0 heterocycles. The van der Waals surface area contributed by atoms with Gasteiger partial charge in [-0.3, -0.25) is 0 Å². The van der Waals surface area contributed by atoms with Gasteiger partial charge in [0.05, 0.1) is 8.07 Å². The molecule has 0 aromatic heterocycles. The number of halogens is 3. The van der Waals surface area contributed by atoms with E-state index in [2.05, 4.69) is 121 Å². The third-order valence-corrected chi connectivity index (χ3v) is 15.1. The van der Waals surface area contributed by atoms with E-state index in [9.17, 15) is 0 Å². The van der Waals surface area contributed by atoms with Crippen molar-refractivity contribution in [3.05, 3.63) is 117 Å². The maximum absolute atomic E-state index is 2.63. The van der Waals surface area contributed by atoms with Gasteiger partial charge in [-0.2, -0.15) is 5.54 Å². The van der Waals surface area contributed by atoms with Crippen molar-refractivity contribution in [3.63, 3.8) is 0 Å². The summed E-state index contributed by atoms with van der Waals surface area (Å²) in [6.07, 6.45) is 16.2. The van der Waals surface area contributed by atoms with Crippen LogP contribution in [0.1, 0.15) is 94.7 Å². The van der Waals surface area contributed by atoms with Crippen molar-refractivity contribution in [1.29, 1.82) is 0 Å². The van der Waals surface area contributed by atoms with Crippen molar-refractivity contribution in [2.45, 2.75) is 99.8 Å². The smallest absolute Gasteiger partial charge is 1.00 e. The molecule has 0 nitrogen and oxygen atoms in total. The molecule has 0 aliphatic heterocycles. The second-order valence-corrected chi connectivity index (χ2v) is 16.3. The van der Waals surface area contributed by atoms with Crippen molar-refractivity contribution >= 4 is 23.6 Å². The van der Waals surface area contributed by atoms with E-state index in [1.807, 2.05) is 0 Å². The molecule has 1 saturated carbocycles. The first-order valence-corrected chi connectivity index (χ1v) is 18.6. The van der Waals surface area contributed by atoms with Crippen molar-refractivity contribution in [1.82, 2.24) is 0 Å². The average Bonchev–Trinajstić information content (AvgIpc) is 3.36. The number of hydrogen-bond acceptors (Lipinski definition) is 0. The molecule has 0 radical (unpaired) electrons. The minimum Gasteiger partial charge on any atom is -1.00 e. The number of hydrogen-bond donors (Lipinski definition) is 0. The molecular weight excluding hydrogens is 663 g/mol. The molecule has 5 rings (SSSR count). The maximum atomic E-state index is 2.63. The molecular formula is C40H51Cl3SiTi. The monoisotopic (exact) mass is 712 g/mol. The first-order chi connectivity index (χ1) is 19.9. The molecule has 0 bridgehead atoms. The van der Waals surface area contributed by atoms with E-state index >= 15 is 0 Å². The van der Waals surface area contributed by atoms with Crippen LogP contribution in [0.15, 0.2) is 78.4 Å². The van der Waals surface area contributed by atoms with E-state index in [0.717, 1.165) is 38.5 Å². The predicted molar refractivity (Wildman–Crippen MR) is 183 cm³/mol. The zero-order chi connectivity index (χ0) is 29.1. The third kappa shape index (κ3) is 8.10. The summed E-state index contributed by atoms with van der Waals surface area (Å²) in [4.78, 5) is 0. The molecule has 0 N–H and O–H groups in total. The first kappa shape index (κ1) is 41.8. The van der Waals surface area contributed by atoms with Crippen LogP contribution in [0.2, 0.25) is 0 Å². The fourth-order valence-corrected chi connectivity index (χ4v) is 13.7. The molecule has 1 fully saturated rings. The van der Waals surface area contributed by atoms with Gasteiger partial charge in [-0.05, 0) is 84.2 Å². The van der Waals surface area contributed by atoms with Crippen molar-refractivity contribution in [3.8, 4) is 0 Å². The Kier molecular flexibility index (Phi) is 17.1. The first-order valence-electron chi connectivity index (χ1n) is 16.6. The van der Waals surface area contributed by atoms with Gasteiger partial charge in [0.15, 0.2) is 0 Å². The van der Waals surface area contributed by atoms with E-state index in [1.165, 1.54) is 46.2 Å². The molecule has 240 valence electrons. The number of fused-ring (bicyclic) bond motifs is 1. The quantitative estimate of drug-likeness (QED) is 0.147. The summed E-state index contributed by atoms with van der Waals surface area (Å²) in [6, 6.07) is 23.2. The topological polar surface area (TPSA) is 0 Å². The van der Waals surface area contributed by atoms with Crippen LogP contribution in [0.4, 0.5) is 0 Å². The normalized spacial score (nSPS) is 16.9. The summed E-state index contributed by atoms with van der Waals surface area (Å²) in [6.45, 7) is 16.5. The molecule has 3 aromatic carbocycles. The number of rotatable bonds is 10. The van der Waals surface area contributed by atoms with Gasteiger partial charge in [0.1, 0.15) is 0 Å². The third-order valence-electron chi connectivity index (χ3n) is 10.0. The average molecular weight is 714 g/mol. The Balaban J connectivity index is 0.00000253. The van der Waals surface area contributed by atoms with E-state index in [0.29, 0.717) is 11.8 Å². The van der Waals surface area contributed by atoms with E-state index < -0.39 is 8.07 Å². The van der Waals surface area contributed by atoms with Crippen LogP contribution in [0.25, 0.3) is 0 Å². The van der Waals surface area contributed by atoms with Gasteiger partial charge < -0.3 is 37.2 Å². The minimum atomic E-state index is -2.63. The standard InChI is InChI=1S/C40H51Si.3ClH.Ti/c1-8-29-19-30(9-2)23-36(22-29)41(37-24-31(10-3)20-32(11-4)25-37,38-26-33(12-5)21-34(13-6)27-38)40-28(7)18-35-16-14-15-17-39(35)40;;;;/h14-15,17,19-28,35H,8-13,16,18H2,1-7H3;3*1H;/q-1;;;;+4/p-3. The molecule has 0 amide bonds. The largest absolute Gasteiger partial charge is 4.00 e. The van der Waals surface area contributed by atoms with Crippen LogP contribution in [-0.4, -0.2) is 8.07 Å². The molecule has 45 heavy (non-hydrogen) atoms. The van der Waals surface area contributed by atoms with Crippen LogP contribution in [0.3, 0.4) is 0 Å². The number of allylic oxidation sites excluding steroid dienone is 4. The Morgan fingerprint density at radius 2 is 0.911 bits per heavy atom. The van der Waals surface area contributed by atoms with Crippen LogP contribution in [0.5, 0.6) is 0 Å². The summed E-state index contributed by atoms with van der Waals surface area (Å²) < 4.78 is 0. The Hall–Kier alpha value is -1.19. The maximum Gasteiger partial charge on any atom is 4.00 e. The Bertz CT molecular complexity index is 1260. The fraction of sp³-hybridized carbons (Fsp3) is 0.425. The van der Waals surface area contributed by atoms with Crippen LogP contribution >= 0.6 is 0 Å². The Labute approximate surface area is 309 Å². The Morgan fingerprint density at radius 1 is 0.578 bits per heavy atom. The second-order valence-electron chi connectivity index (χ2n) is 12.5. The van der Waals surface area contributed by atoms with Crippen molar-refractivity contribution in [2.24, 2.45) is 11.8 Å². The molecule has 0 saturated heterocycles. The van der Waals surface area contributed by atoms with Gasteiger partial charge in [0, 0.05) is 0 Å². The van der Waals surface area contributed by atoms with E-state index in [1.54, 1.807) is 26.7 Å². The molecule has 5 heteroatoms. The van der Waals surface area contributed by atoms with E-state index in [4.69, 9.17) is 0 Å². The molecule has 0 spiro atoms. The second kappa shape index (κ2) is 18.4. The van der Waals surface area contributed by atoms with Gasteiger partial charge in [-0.1, -0.05) is 131 Å².